The molecule has 0 atom stereocenters. The lowest BCUT2D eigenvalue weighted by Crippen LogP contribution is -2.40. The second kappa shape index (κ2) is 10.0. The summed E-state index contributed by atoms with van der Waals surface area (Å²) in [5.74, 6) is 0.610. The average Bonchev–Trinajstić information content (AvgIpc) is 3.09. The van der Waals surface area contributed by atoms with E-state index in [1.165, 1.54) is 0 Å². The molecule has 4 rings (SSSR count). The lowest BCUT2D eigenvalue weighted by atomic mass is 9.96. The molecule has 1 N–H and O–H groups in total. The molecular weight excluding hydrogens is 411 g/mol. The predicted octanol–water partition coefficient (Wildman–Crippen LogP) is 3.04. The van der Waals surface area contributed by atoms with E-state index in [9.17, 15) is 4.79 Å². The van der Waals surface area contributed by atoms with Gasteiger partial charge in [-0.3, -0.25) is 9.78 Å². The van der Waals surface area contributed by atoms with Crippen molar-refractivity contribution >= 4 is 41.6 Å². The fourth-order valence-electron chi connectivity index (χ4n) is 3.81. The Bertz CT molecular complexity index is 963. The second-order valence-electron chi connectivity index (χ2n) is 7.08. The van der Waals surface area contributed by atoms with Crippen molar-refractivity contribution in [3.8, 4) is 5.69 Å². The second-order valence-corrected chi connectivity index (χ2v) is 7.08. The van der Waals surface area contributed by atoms with Gasteiger partial charge in [0.2, 0.25) is 0 Å². The molecule has 0 bridgehead atoms. The van der Waals surface area contributed by atoms with Gasteiger partial charge in [-0.1, -0.05) is 11.3 Å². The first-order chi connectivity index (χ1) is 13.2. The van der Waals surface area contributed by atoms with Gasteiger partial charge < -0.3 is 10.2 Å². The summed E-state index contributed by atoms with van der Waals surface area (Å²) in [7, 11) is 1.97. The van der Waals surface area contributed by atoms with Crippen LogP contribution < -0.4 is 5.32 Å². The van der Waals surface area contributed by atoms with Gasteiger partial charge in [-0.05, 0) is 63.5 Å². The Hall–Kier alpha value is -2.22. The number of rotatable bonds is 4. The number of likely N-dealkylation sites (tertiary alicyclic amines) is 1. The van der Waals surface area contributed by atoms with Crippen LogP contribution in [0.15, 0.2) is 36.5 Å². The molecule has 1 fully saturated rings. The minimum Gasteiger partial charge on any atom is -0.337 e. The van der Waals surface area contributed by atoms with Gasteiger partial charge in [0, 0.05) is 24.7 Å². The summed E-state index contributed by atoms with van der Waals surface area (Å²) in [5, 5.41) is 12.7. The molecule has 29 heavy (non-hydrogen) atoms. The van der Waals surface area contributed by atoms with Crippen LogP contribution in [0, 0.1) is 12.8 Å². The number of aromatic nitrogens is 4. The lowest BCUT2D eigenvalue weighted by molar-refractivity contribution is 0.0684. The fraction of sp³-hybridized carbons (Fsp3) is 0.400. The molecule has 0 radical (unpaired) electrons. The van der Waals surface area contributed by atoms with Crippen molar-refractivity contribution in [3.63, 3.8) is 0 Å². The van der Waals surface area contributed by atoms with Gasteiger partial charge in [-0.25, -0.2) is 4.68 Å². The normalized spacial score (nSPS) is 14.3. The van der Waals surface area contributed by atoms with Crippen molar-refractivity contribution in [2.75, 3.05) is 26.7 Å². The van der Waals surface area contributed by atoms with Crippen LogP contribution in [0.25, 0.3) is 16.6 Å². The zero-order chi connectivity index (χ0) is 18.8. The first-order valence-electron chi connectivity index (χ1n) is 9.39. The summed E-state index contributed by atoms with van der Waals surface area (Å²) < 4.78 is 1.74. The van der Waals surface area contributed by atoms with Crippen LogP contribution in [0.1, 0.15) is 29.0 Å². The van der Waals surface area contributed by atoms with Gasteiger partial charge in [0.1, 0.15) is 0 Å². The molecular formula is C20H26Cl2N6O. The van der Waals surface area contributed by atoms with Gasteiger partial charge in [0.05, 0.1) is 16.9 Å². The smallest absolute Gasteiger partial charge is 0.276 e. The molecule has 7 nitrogen and oxygen atoms in total. The number of pyridine rings is 1. The molecule has 0 unspecified atom stereocenters. The molecule has 1 saturated heterocycles. The van der Waals surface area contributed by atoms with Crippen molar-refractivity contribution in [2.45, 2.75) is 19.8 Å². The third kappa shape index (κ3) is 4.52. The zero-order valence-corrected chi connectivity index (χ0v) is 18.2. The number of nitrogens with zero attached hydrogens (tertiary/aromatic N) is 5. The van der Waals surface area contributed by atoms with Gasteiger partial charge >= 0.3 is 0 Å². The monoisotopic (exact) mass is 436 g/mol. The molecule has 3 aromatic rings. The summed E-state index contributed by atoms with van der Waals surface area (Å²) in [4.78, 5) is 19.3. The number of hydrogen-bond donors (Lipinski definition) is 1. The van der Waals surface area contributed by atoms with Crippen LogP contribution >= 0.6 is 24.8 Å². The molecule has 1 amide bonds. The summed E-state index contributed by atoms with van der Waals surface area (Å²) >= 11 is 0. The molecule has 1 aromatic carbocycles. The number of piperidine rings is 1. The van der Waals surface area contributed by atoms with Gasteiger partial charge in [0.15, 0.2) is 5.69 Å². The number of amides is 1. The van der Waals surface area contributed by atoms with Crippen molar-refractivity contribution in [3.05, 3.63) is 47.9 Å². The third-order valence-corrected chi connectivity index (χ3v) is 5.34. The van der Waals surface area contributed by atoms with Crippen LogP contribution in [0.2, 0.25) is 0 Å². The Morgan fingerprint density at radius 2 is 1.93 bits per heavy atom. The van der Waals surface area contributed by atoms with Crippen molar-refractivity contribution in [1.82, 2.24) is 30.2 Å². The minimum atomic E-state index is -0.0278. The number of nitrogens with one attached hydrogen (secondary N) is 1. The number of carbonyl (C=O) groups excluding carboxylic acids is 1. The molecule has 156 valence electrons. The summed E-state index contributed by atoms with van der Waals surface area (Å²) in [6.07, 6.45) is 3.82. The SMILES string of the molecule is CNCC1CCN(C(=O)c2nnn(-c3cccc4ncccc34)c2C)CC1.Cl.Cl. The van der Waals surface area contributed by atoms with Crippen LogP contribution in [0.4, 0.5) is 0 Å². The Labute approximate surface area is 182 Å². The average molecular weight is 437 g/mol. The molecule has 0 spiro atoms. The van der Waals surface area contributed by atoms with Crippen LogP contribution in [-0.2, 0) is 0 Å². The zero-order valence-electron chi connectivity index (χ0n) is 16.5. The summed E-state index contributed by atoms with van der Waals surface area (Å²) in [5.41, 5.74) is 2.97. The van der Waals surface area contributed by atoms with Gasteiger partial charge in [0.25, 0.3) is 5.91 Å². The van der Waals surface area contributed by atoms with E-state index >= 15 is 0 Å². The number of fused-ring (bicyclic) bond motifs is 1. The third-order valence-electron chi connectivity index (χ3n) is 5.34. The summed E-state index contributed by atoms with van der Waals surface area (Å²) in [6, 6.07) is 9.79. The maximum atomic E-state index is 13.0. The molecule has 1 aliphatic heterocycles. The van der Waals surface area contributed by atoms with E-state index in [1.807, 2.05) is 49.2 Å². The van der Waals surface area contributed by atoms with E-state index in [0.29, 0.717) is 11.6 Å². The van der Waals surface area contributed by atoms with E-state index < -0.39 is 0 Å². The van der Waals surface area contributed by atoms with Crippen molar-refractivity contribution in [1.29, 1.82) is 0 Å². The summed E-state index contributed by atoms with van der Waals surface area (Å²) in [6.45, 7) is 4.45. The molecule has 3 heterocycles. The Morgan fingerprint density at radius 1 is 1.17 bits per heavy atom. The molecule has 0 aliphatic carbocycles. The highest BCUT2D eigenvalue weighted by Gasteiger charge is 2.27. The largest absolute Gasteiger partial charge is 0.337 e. The van der Waals surface area contributed by atoms with Crippen molar-refractivity contribution < 1.29 is 4.79 Å². The van der Waals surface area contributed by atoms with E-state index in [2.05, 4.69) is 20.6 Å². The highest BCUT2D eigenvalue weighted by molar-refractivity contribution is 5.94. The fourth-order valence-corrected chi connectivity index (χ4v) is 3.81. The lowest BCUT2D eigenvalue weighted by Gasteiger charge is -2.31. The van der Waals surface area contributed by atoms with Crippen molar-refractivity contribution in [2.24, 2.45) is 5.92 Å². The highest BCUT2D eigenvalue weighted by Crippen LogP contribution is 2.23. The molecule has 1 aliphatic rings. The van der Waals surface area contributed by atoms with Gasteiger partial charge in [-0.2, -0.15) is 0 Å². The predicted molar refractivity (Wildman–Crippen MR) is 118 cm³/mol. The number of hydrogen-bond acceptors (Lipinski definition) is 5. The van der Waals surface area contributed by atoms with E-state index in [4.69, 9.17) is 0 Å². The standard InChI is InChI=1S/C20H24N6O.2ClH/c1-14-19(20(27)25-11-8-15(9-12-25)13-21-2)23-24-26(14)18-7-3-6-17-16(18)5-4-10-22-17;;/h3-7,10,15,21H,8-9,11-13H2,1-2H3;2*1H. The maximum Gasteiger partial charge on any atom is 0.276 e. The Balaban J connectivity index is 0.00000150. The first kappa shape index (κ1) is 23.1. The van der Waals surface area contributed by atoms with E-state index in [-0.39, 0.29) is 30.7 Å². The van der Waals surface area contributed by atoms with E-state index in [1.54, 1.807) is 10.9 Å². The Morgan fingerprint density at radius 3 is 2.66 bits per heavy atom. The van der Waals surface area contributed by atoms with Gasteiger partial charge in [-0.15, -0.1) is 29.9 Å². The quantitative estimate of drug-likeness (QED) is 0.679. The van der Waals surface area contributed by atoms with E-state index in [0.717, 1.165) is 54.8 Å². The van der Waals surface area contributed by atoms with Crippen LogP contribution in [0.3, 0.4) is 0 Å². The molecule has 2 aromatic heterocycles. The maximum absolute atomic E-state index is 13.0. The molecule has 0 saturated carbocycles. The molecule has 9 heteroatoms. The van der Waals surface area contributed by atoms with Crippen LogP contribution in [-0.4, -0.2) is 57.5 Å². The van der Waals surface area contributed by atoms with Crippen LogP contribution in [0.5, 0.6) is 0 Å². The number of halogens is 2. The number of carbonyl (C=O) groups is 1. The first-order valence-corrected chi connectivity index (χ1v) is 9.39. The minimum absolute atomic E-state index is 0. The number of benzene rings is 1. The Kier molecular flexibility index (Phi) is 7.96. The topological polar surface area (TPSA) is 75.9 Å². The highest BCUT2D eigenvalue weighted by atomic mass is 35.5.